The van der Waals surface area contributed by atoms with Gasteiger partial charge in [-0.2, -0.15) is 0 Å². The van der Waals surface area contributed by atoms with Crippen LogP contribution >= 0.6 is 0 Å². The SMILES string of the molecule is CCC(C(C)O[N+](=O)[O-])[N+](=O)[O-]. The van der Waals surface area contributed by atoms with Gasteiger partial charge in [0, 0.05) is 11.3 Å². The van der Waals surface area contributed by atoms with Gasteiger partial charge in [0.25, 0.3) is 5.09 Å². The van der Waals surface area contributed by atoms with E-state index in [-0.39, 0.29) is 6.42 Å². The second-order valence-electron chi connectivity index (χ2n) is 2.30. The summed E-state index contributed by atoms with van der Waals surface area (Å²) < 4.78 is 0. The summed E-state index contributed by atoms with van der Waals surface area (Å²) in [6, 6.07) is -1.02. The Kier molecular flexibility index (Phi) is 3.95. The van der Waals surface area contributed by atoms with Crippen LogP contribution in [-0.2, 0) is 4.84 Å². The zero-order valence-corrected chi connectivity index (χ0v) is 6.80. The summed E-state index contributed by atoms with van der Waals surface area (Å²) in [5.41, 5.74) is 0. The molecule has 7 heteroatoms. The quantitative estimate of drug-likeness (QED) is 0.454. The van der Waals surface area contributed by atoms with Gasteiger partial charge in [-0.3, -0.25) is 10.1 Å². The number of hydrogen-bond donors (Lipinski definition) is 0. The summed E-state index contributed by atoms with van der Waals surface area (Å²) in [4.78, 5) is 23.5. The monoisotopic (exact) mass is 178 g/mol. The molecule has 0 saturated heterocycles. The third-order valence-electron chi connectivity index (χ3n) is 1.48. The zero-order valence-electron chi connectivity index (χ0n) is 6.80. The van der Waals surface area contributed by atoms with Crippen molar-refractivity contribution in [3.63, 3.8) is 0 Å². The fourth-order valence-corrected chi connectivity index (χ4v) is 0.858. The molecule has 0 fully saturated rings. The number of nitro groups is 1. The van der Waals surface area contributed by atoms with Gasteiger partial charge in [-0.15, -0.1) is 10.1 Å². The smallest absolute Gasteiger partial charge is 0.295 e. The largest absolute Gasteiger partial charge is 0.304 e. The Balaban J connectivity index is 4.11. The molecule has 0 aromatic carbocycles. The van der Waals surface area contributed by atoms with Crippen molar-refractivity contribution < 1.29 is 14.8 Å². The Morgan fingerprint density at radius 3 is 2.17 bits per heavy atom. The highest BCUT2D eigenvalue weighted by molar-refractivity contribution is 4.60. The minimum absolute atomic E-state index is 0.210. The molecule has 0 aliphatic heterocycles. The predicted molar refractivity (Wildman–Crippen MR) is 38.6 cm³/mol. The Hall–Kier alpha value is -1.40. The summed E-state index contributed by atoms with van der Waals surface area (Å²) in [5, 5.41) is 19.1. The molecule has 2 unspecified atom stereocenters. The molecule has 0 amide bonds. The van der Waals surface area contributed by atoms with E-state index in [0.29, 0.717) is 0 Å². The van der Waals surface area contributed by atoms with Gasteiger partial charge in [0.05, 0.1) is 0 Å². The molecule has 7 nitrogen and oxygen atoms in total. The summed E-state index contributed by atoms with van der Waals surface area (Å²) in [7, 11) is 0. The Bertz CT molecular complexity index is 183. The molecule has 70 valence electrons. The van der Waals surface area contributed by atoms with Crippen molar-refractivity contribution in [1.82, 2.24) is 0 Å². The van der Waals surface area contributed by atoms with Crippen LogP contribution in [0.25, 0.3) is 0 Å². The maximum atomic E-state index is 10.3. The van der Waals surface area contributed by atoms with E-state index in [4.69, 9.17) is 0 Å². The van der Waals surface area contributed by atoms with Crippen LogP contribution in [0.1, 0.15) is 20.3 Å². The van der Waals surface area contributed by atoms with Crippen LogP contribution in [0.2, 0.25) is 0 Å². The van der Waals surface area contributed by atoms with Crippen LogP contribution < -0.4 is 0 Å². The van der Waals surface area contributed by atoms with E-state index in [0.717, 1.165) is 0 Å². The lowest BCUT2D eigenvalue weighted by Crippen LogP contribution is -2.34. The lowest BCUT2D eigenvalue weighted by Gasteiger charge is -2.12. The van der Waals surface area contributed by atoms with Gasteiger partial charge in [0.2, 0.25) is 6.04 Å². The highest BCUT2D eigenvalue weighted by Gasteiger charge is 2.28. The predicted octanol–water partition coefficient (Wildman–Crippen LogP) is 0.638. The number of hydrogen-bond acceptors (Lipinski definition) is 5. The van der Waals surface area contributed by atoms with Crippen molar-refractivity contribution in [2.45, 2.75) is 32.4 Å². The van der Waals surface area contributed by atoms with E-state index in [2.05, 4.69) is 4.84 Å². The van der Waals surface area contributed by atoms with E-state index in [9.17, 15) is 20.2 Å². The average Bonchev–Trinajstić information content (AvgIpc) is 1.85. The third kappa shape index (κ3) is 3.13. The molecule has 0 aliphatic carbocycles. The first-order chi connectivity index (χ1) is 5.49. The molecule has 0 bridgehead atoms. The first kappa shape index (κ1) is 10.6. The van der Waals surface area contributed by atoms with Gasteiger partial charge in [0.1, 0.15) is 0 Å². The summed E-state index contributed by atoms with van der Waals surface area (Å²) in [6.07, 6.45) is -0.790. The van der Waals surface area contributed by atoms with Crippen LogP contribution in [0, 0.1) is 20.2 Å². The minimum atomic E-state index is -1.02. The van der Waals surface area contributed by atoms with Crippen molar-refractivity contribution in [2.24, 2.45) is 0 Å². The normalized spacial score (nSPS) is 14.8. The lowest BCUT2D eigenvalue weighted by molar-refractivity contribution is -0.777. The van der Waals surface area contributed by atoms with Crippen LogP contribution in [0.4, 0.5) is 0 Å². The second kappa shape index (κ2) is 4.47. The summed E-state index contributed by atoms with van der Waals surface area (Å²) in [5.74, 6) is 0. The zero-order chi connectivity index (χ0) is 9.72. The number of nitrogens with zero attached hydrogens (tertiary/aromatic N) is 2. The highest BCUT2D eigenvalue weighted by Crippen LogP contribution is 2.06. The van der Waals surface area contributed by atoms with Crippen LogP contribution in [0.5, 0.6) is 0 Å². The van der Waals surface area contributed by atoms with E-state index in [1.165, 1.54) is 6.92 Å². The third-order valence-corrected chi connectivity index (χ3v) is 1.48. The minimum Gasteiger partial charge on any atom is -0.304 e. The molecule has 0 heterocycles. The molecular weight excluding hydrogens is 168 g/mol. The molecule has 0 radical (unpaired) electrons. The topological polar surface area (TPSA) is 95.5 Å². The van der Waals surface area contributed by atoms with Gasteiger partial charge in [-0.1, -0.05) is 6.92 Å². The molecule has 0 rings (SSSR count). The first-order valence-electron chi connectivity index (χ1n) is 3.43. The maximum Gasteiger partial charge on any atom is 0.295 e. The lowest BCUT2D eigenvalue weighted by atomic mass is 10.1. The molecule has 0 aliphatic rings. The molecule has 0 N–H and O–H groups in total. The first-order valence-corrected chi connectivity index (χ1v) is 3.43. The molecule has 0 aromatic heterocycles. The second-order valence-corrected chi connectivity index (χ2v) is 2.30. The van der Waals surface area contributed by atoms with Gasteiger partial charge in [-0.05, 0) is 6.92 Å². The van der Waals surface area contributed by atoms with Gasteiger partial charge >= 0.3 is 0 Å². The van der Waals surface area contributed by atoms with E-state index in [1.807, 2.05) is 0 Å². The molecule has 12 heavy (non-hydrogen) atoms. The van der Waals surface area contributed by atoms with Crippen LogP contribution in [0.3, 0.4) is 0 Å². The Labute approximate surface area is 68.6 Å². The van der Waals surface area contributed by atoms with E-state index in [1.54, 1.807) is 6.92 Å². The summed E-state index contributed by atoms with van der Waals surface area (Å²) >= 11 is 0. The van der Waals surface area contributed by atoms with Crippen molar-refractivity contribution in [1.29, 1.82) is 0 Å². The fourth-order valence-electron chi connectivity index (χ4n) is 0.858. The van der Waals surface area contributed by atoms with Crippen molar-refractivity contribution >= 4 is 0 Å². The molecule has 0 spiro atoms. The van der Waals surface area contributed by atoms with Gasteiger partial charge < -0.3 is 4.84 Å². The van der Waals surface area contributed by atoms with Crippen LogP contribution in [0.15, 0.2) is 0 Å². The van der Waals surface area contributed by atoms with Gasteiger partial charge in [0.15, 0.2) is 6.10 Å². The maximum absolute atomic E-state index is 10.3. The fraction of sp³-hybridized carbons (Fsp3) is 1.00. The van der Waals surface area contributed by atoms with Crippen molar-refractivity contribution in [3.05, 3.63) is 20.2 Å². The standard InChI is InChI=1S/C5H10N2O5/c1-3-5(6(8)9)4(2)12-7(10)11/h4-5H,3H2,1-2H3. The molecule has 2 atom stereocenters. The Morgan fingerprint density at radius 2 is 1.92 bits per heavy atom. The van der Waals surface area contributed by atoms with Crippen molar-refractivity contribution in [3.8, 4) is 0 Å². The average molecular weight is 178 g/mol. The Morgan fingerprint density at radius 1 is 1.42 bits per heavy atom. The molecular formula is C5H10N2O5. The number of rotatable bonds is 5. The highest BCUT2D eigenvalue weighted by atomic mass is 17.0. The van der Waals surface area contributed by atoms with Crippen molar-refractivity contribution in [2.75, 3.05) is 0 Å². The molecule has 0 aromatic rings. The summed E-state index contributed by atoms with van der Waals surface area (Å²) in [6.45, 7) is 2.88. The van der Waals surface area contributed by atoms with E-state index < -0.39 is 22.2 Å². The van der Waals surface area contributed by atoms with E-state index >= 15 is 0 Å². The van der Waals surface area contributed by atoms with Crippen LogP contribution in [-0.4, -0.2) is 22.2 Å². The molecule has 0 saturated carbocycles. The van der Waals surface area contributed by atoms with Gasteiger partial charge in [-0.25, -0.2) is 0 Å².